The van der Waals surface area contributed by atoms with Gasteiger partial charge in [-0.2, -0.15) is 8.68 Å². The summed E-state index contributed by atoms with van der Waals surface area (Å²) in [5.41, 5.74) is 1.09. The normalized spacial score (nSPS) is 17.6. The largest absolute Gasteiger partial charge is 0.497 e. The van der Waals surface area contributed by atoms with Gasteiger partial charge in [-0.15, -0.1) is 0 Å². The quantitative estimate of drug-likeness (QED) is 0.537. The van der Waals surface area contributed by atoms with E-state index in [1.807, 2.05) is 31.2 Å². The maximum absolute atomic E-state index is 13.1. The molecule has 1 atom stereocenters. The highest BCUT2D eigenvalue weighted by atomic mass is 35.5. The molecule has 0 radical (unpaired) electrons. The molecule has 7 nitrogen and oxygen atoms in total. The van der Waals surface area contributed by atoms with Crippen molar-refractivity contribution in [2.45, 2.75) is 24.3 Å². The summed E-state index contributed by atoms with van der Waals surface area (Å²) in [6, 6.07) is 13.9. The van der Waals surface area contributed by atoms with Crippen LogP contribution in [0.4, 0.5) is 5.13 Å². The second-order valence-electron chi connectivity index (χ2n) is 7.38. The van der Waals surface area contributed by atoms with Gasteiger partial charge in [-0.3, -0.25) is 0 Å². The van der Waals surface area contributed by atoms with Crippen LogP contribution in [-0.4, -0.2) is 54.9 Å². The van der Waals surface area contributed by atoms with E-state index in [1.54, 1.807) is 35.7 Å². The smallest absolute Gasteiger partial charge is 0.243 e. The van der Waals surface area contributed by atoms with E-state index in [0.29, 0.717) is 36.8 Å². The Morgan fingerprint density at radius 2 is 1.84 bits per heavy atom. The molecule has 1 aromatic heterocycles. The van der Waals surface area contributed by atoms with E-state index in [1.165, 1.54) is 11.5 Å². The summed E-state index contributed by atoms with van der Waals surface area (Å²) in [5, 5.41) is 1.52. The SMILES string of the molecule is COc1ccc(S(=O)(=O)N2CCN(c3nc(Cc4ccc(Cl)cc4)ns3)CC2C)cc1. The lowest BCUT2D eigenvalue weighted by Gasteiger charge is -2.38. The minimum absolute atomic E-state index is 0.190. The lowest BCUT2D eigenvalue weighted by Crippen LogP contribution is -2.54. The summed E-state index contributed by atoms with van der Waals surface area (Å²) in [4.78, 5) is 7.05. The Balaban J connectivity index is 1.43. The summed E-state index contributed by atoms with van der Waals surface area (Å²) < 4.78 is 37.4. The highest BCUT2D eigenvalue weighted by Crippen LogP contribution is 2.27. The van der Waals surface area contributed by atoms with Gasteiger partial charge in [-0.25, -0.2) is 13.4 Å². The highest BCUT2D eigenvalue weighted by molar-refractivity contribution is 7.89. The van der Waals surface area contributed by atoms with Crippen LogP contribution in [0.1, 0.15) is 18.3 Å². The van der Waals surface area contributed by atoms with Gasteiger partial charge in [0.25, 0.3) is 0 Å². The van der Waals surface area contributed by atoms with Gasteiger partial charge in [0.1, 0.15) is 11.6 Å². The molecule has 0 saturated carbocycles. The number of ether oxygens (including phenoxy) is 1. The van der Waals surface area contributed by atoms with Crippen molar-refractivity contribution >= 4 is 38.3 Å². The summed E-state index contributed by atoms with van der Waals surface area (Å²) >= 11 is 7.29. The third kappa shape index (κ3) is 4.85. The average molecular weight is 479 g/mol. The molecule has 0 spiro atoms. The van der Waals surface area contributed by atoms with Crippen LogP contribution in [0.25, 0.3) is 0 Å². The fraction of sp³-hybridized carbons (Fsp3) is 0.333. The molecule has 3 aromatic rings. The van der Waals surface area contributed by atoms with Crippen molar-refractivity contribution in [1.29, 1.82) is 0 Å². The van der Waals surface area contributed by atoms with Crippen LogP contribution in [0.3, 0.4) is 0 Å². The average Bonchev–Trinajstić information content (AvgIpc) is 3.23. The molecule has 31 heavy (non-hydrogen) atoms. The number of aromatic nitrogens is 2. The second kappa shape index (κ2) is 9.12. The Bertz CT molecular complexity index is 1130. The lowest BCUT2D eigenvalue weighted by molar-refractivity contribution is 0.306. The number of hydrogen-bond donors (Lipinski definition) is 0. The molecular weight excluding hydrogens is 456 g/mol. The van der Waals surface area contributed by atoms with Crippen molar-refractivity contribution in [3.05, 3.63) is 64.9 Å². The van der Waals surface area contributed by atoms with Crippen molar-refractivity contribution in [3.8, 4) is 5.75 Å². The zero-order chi connectivity index (χ0) is 22.0. The molecule has 4 rings (SSSR count). The molecule has 1 aliphatic rings. The van der Waals surface area contributed by atoms with E-state index in [4.69, 9.17) is 16.3 Å². The van der Waals surface area contributed by atoms with Crippen molar-refractivity contribution in [1.82, 2.24) is 13.7 Å². The highest BCUT2D eigenvalue weighted by Gasteiger charge is 2.34. The van der Waals surface area contributed by atoms with E-state index < -0.39 is 10.0 Å². The fourth-order valence-corrected chi connectivity index (χ4v) is 6.04. The first-order valence-electron chi connectivity index (χ1n) is 9.84. The molecule has 2 heterocycles. The van der Waals surface area contributed by atoms with Gasteiger partial charge in [0.2, 0.25) is 15.2 Å². The minimum Gasteiger partial charge on any atom is -0.497 e. The van der Waals surface area contributed by atoms with Gasteiger partial charge >= 0.3 is 0 Å². The molecule has 10 heteroatoms. The Morgan fingerprint density at radius 3 is 2.48 bits per heavy atom. The molecule has 164 valence electrons. The molecule has 1 saturated heterocycles. The fourth-order valence-electron chi connectivity index (χ4n) is 3.58. The van der Waals surface area contributed by atoms with Crippen LogP contribution in [0.2, 0.25) is 5.02 Å². The monoisotopic (exact) mass is 478 g/mol. The molecule has 1 unspecified atom stereocenters. The van der Waals surface area contributed by atoms with Gasteiger partial charge in [0.05, 0.1) is 12.0 Å². The predicted molar refractivity (Wildman–Crippen MR) is 123 cm³/mol. The number of methoxy groups -OCH3 is 1. The first kappa shape index (κ1) is 22.0. The van der Waals surface area contributed by atoms with Crippen molar-refractivity contribution < 1.29 is 13.2 Å². The van der Waals surface area contributed by atoms with Crippen molar-refractivity contribution in [2.75, 3.05) is 31.6 Å². The molecule has 0 amide bonds. The number of hydrogen-bond acceptors (Lipinski definition) is 7. The van der Waals surface area contributed by atoms with Crippen LogP contribution in [0, 0.1) is 0 Å². The minimum atomic E-state index is -3.57. The van der Waals surface area contributed by atoms with Crippen LogP contribution in [-0.2, 0) is 16.4 Å². The third-order valence-corrected chi connectivity index (χ3v) is 8.33. The van der Waals surface area contributed by atoms with E-state index in [-0.39, 0.29) is 10.9 Å². The van der Waals surface area contributed by atoms with Crippen LogP contribution >= 0.6 is 23.1 Å². The number of piperazine rings is 1. The van der Waals surface area contributed by atoms with Gasteiger partial charge in [0.15, 0.2) is 0 Å². The summed E-state index contributed by atoms with van der Waals surface area (Å²) in [6.07, 6.45) is 0.634. The first-order valence-corrected chi connectivity index (χ1v) is 12.4. The number of halogens is 1. The van der Waals surface area contributed by atoms with Gasteiger partial charge < -0.3 is 9.64 Å². The Labute approximate surface area is 191 Å². The summed E-state index contributed by atoms with van der Waals surface area (Å²) in [6.45, 7) is 3.44. The van der Waals surface area contributed by atoms with Crippen molar-refractivity contribution in [2.24, 2.45) is 0 Å². The van der Waals surface area contributed by atoms with E-state index in [9.17, 15) is 8.42 Å². The maximum atomic E-state index is 13.1. The van der Waals surface area contributed by atoms with Crippen LogP contribution < -0.4 is 9.64 Å². The third-order valence-electron chi connectivity index (χ3n) is 5.24. The maximum Gasteiger partial charge on any atom is 0.243 e. The molecule has 0 bridgehead atoms. The zero-order valence-electron chi connectivity index (χ0n) is 17.2. The Morgan fingerprint density at radius 1 is 1.13 bits per heavy atom. The Kier molecular flexibility index (Phi) is 6.47. The number of rotatable bonds is 6. The predicted octanol–water partition coefficient (Wildman–Crippen LogP) is 3.69. The molecule has 1 aliphatic heterocycles. The zero-order valence-corrected chi connectivity index (χ0v) is 19.6. The topological polar surface area (TPSA) is 75.6 Å². The first-order chi connectivity index (χ1) is 14.9. The van der Waals surface area contributed by atoms with Gasteiger partial charge in [-0.05, 0) is 48.9 Å². The number of sulfonamides is 1. The van der Waals surface area contributed by atoms with E-state index in [0.717, 1.165) is 16.5 Å². The molecule has 1 fully saturated rings. The van der Waals surface area contributed by atoms with Crippen LogP contribution in [0.15, 0.2) is 53.4 Å². The van der Waals surface area contributed by atoms with Crippen LogP contribution in [0.5, 0.6) is 5.75 Å². The summed E-state index contributed by atoms with van der Waals surface area (Å²) in [7, 11) is -2.02. The second-order valence-corrected chi connectivity index (χ2v) is 10.4. The number of nitrogens with zero attached hydrogens (tertiary/aromatic N) is 4. The van der Waals surface area contributed by atoms with Gasteiger partial charge in [-0.1, -0.05) is 23.7 Å². The molecular formula is C21H23ClN4O3S2. The number of benzene rings is 2. The number of anilines is 1. The van der Waals surface area contributed by atoms with E-state index >= 15 is 0 Å². The standard InChI is InChI=1S/C21H23ClN4O3S2/c1-15-14-25(21-23-20(24-30-21)13-16-3-5-17(22)6-4-16)11-12-26(15)31(27,28)19-9-7-18(29-2)8-10-19/h3-10,15H,11-14H2,1-2H3. The molecule has 2 aromatic carbocycles. The van der Waals surface area contributed by atoms with E-state index in [2.05, 4.69) is 14.3 Å². The molecule has 0 aliphatic carbocycles. The Hall–Kier alpha value is -2.20. The molecule has 0 N–H and O–H groups in total. The summed E-state index contributed by atoms with van der Waals surface area (Å²) in [5.74, 6) is 1.38. The van der Waals surface area contributed by atoms with Gasteiger partial charge in [0, 0.05) is 48.7 Å². The lowest BCUT2D eigenvalue weighted by atomic mass is 10.1. The van der Waals surface area contributed by atoms with Crippen molar-refractivity contribution in [3.63, 3.8) is 0 Å².